The van der Waals surface area contributed by atoms with Crippen molar-refractivity contribution in [1.82, 2.24) is 15.1 Å². The molecule has 1 unspecified atom stereocenters. The number of halogens is 3. The lowest BCUT2D eigenvalue weighted by atomic mass is 10.0. The van der Waals surface area contributed by atoms with Crippen LogP contribution in [0.5, 0.6) is 0 Å². The summed E-state index contributed by atoms with van der Waals surface area (Å²) in [5.41, 5.74) is 2.17. The number of aromatic nitrogens is 2. The molecule has 0 bridgehead atoms. The van der Waals surface area contributed by atoms with E-state index in [1.807, 2.05) is 11.7 Å². The topological polar surface area (TPSA) is 29.9 Å². The fourth-order valence-corrected chi connectivity index (χ4v) is 3.39. The summed E-state index contributed by atoms with van der Waals surface area (Å²) in [7, 11) is 1.92. The average Bonchev–Trinajstić information content (AvgIpc) is 2.74. The minimum Gasteiger partial charge on any atom is -0.305 e. The van der Waals surface area contributed by atoms with E-state index < -0.39 is 0 Å². The molecule has 0 aliphatic heterocycles. The second kappa shape index (κ2) is 7.24. The third-order valence-electron chi connectivity index (χ3n) is 3.08. The van der Waals surface area contributed by atoms with Gasteiger partial charge in [-0.2, -0.15) is 5.10 Å². The van der Waals surface area contributed by atoms with Gasteiger partial charge in [-0.15, -0.1) is 0 Å². The van der Waals surface area contributed by atoms with Gasteiger partial charge in [0.25, 0.3) is 0 Å². The second-order valence-electron chi connectivity index (χ2n) is 4.55. The van der Waals surface area contributed by atoms with Crippen LogP contribution in [0.15, 0.2) is 28.9 Å². The van der Waals surface area contributed by atoms with E-state index in [2.05, 4.69) is 74.1 Å². The molecule has 1 aromatic carbocycles. The van der Waals surface area contributed by atoms with Crippen molar-refractivity contribution in [2.45, 2.75) is 19.4 Å². The maximum atomic E-state index is 6.32. The number of nitrogens with zero attached hydrogens (tertiary/aromatic N) is 2. The summed E-state index contributed by atoms with van der Waals surface area (Å²) in [6, 6.07) is 6.35. The van der Waals surface area contributed by atoms with Gasteiger partial charge in [0, 0.05) is 15.1 Å². The molecule has 0 aliphatic carbocycles. The molecule has 0 saturated carbocycles. The van der Waals surface area contributed by atoms with Gasteiger partial charge in [-0.3, -0.25) is 4.68 Å². The SMILES string of the molecule is CCCNC(c1cc(I)ccc1Br)c1c(Cl)cnn1C. The molecular weight excluding hydrogens is 452 g/mol. The normalized spacial score (nSPS) is 12.7. The van der Waals surface area contributed by atoms with E-state index in [-0.39, 0.29) is 6.04 Å². The number of hydrogen-bond acceptors (Lipinski definition) is 2. The summed E-state index contributed by atoms with van der Waals surface area (Å²) in [6.45, 7) is 3.07. The van der Waals surface area contributed by atoms with Crippen LogP contribution in [0.3, 0.4) is 0 Å². The predicted molar refractivity (Wildman–Crippen MR) is 95.2 cm³/mol. The quantitative estimate of drug-likeness (QED) is 0.654. The molecule has 0 aliphatic rings. The van der Waals surface area contributed by atoms with Crippen molar-refractivity contribution < 1.29 is 0 Å². The van der Waals surface area contributed by atoms with Crippen molar-refractivity contribution in [3.8, 4) is 0 Å². The van der Waals surface area contributed by atoms with Crippen LogP contribution in [0.4, 0.5) is 0 Å². The van der Waals surface area contributed by atoms with Crippen molar-refractivity contribution in [3.63, 3.8) is 0 Å². The van der Waals surface area contributed by atoms with E-state index >= 15 is 0 Å². The van der Waals surface area contributed by atoms with Gasteiger partial charge in [-0.05, 0) is 59.3 Å². The van der Waals surface area contributed by atoms with E-state index in [0.29, 0.717) is 5.02 Å². The molecule has 20 heavy (non-hydrogen) atoms. The number of hydrogen-bond donors (Lipinski definition) is 1. The first-order chi connectivity index (χ1) is 9.54. The van der Waals surface area contributed by atoms with Crippen molar-refractivity contribution >= 4 is 50.1 Å². The summed E-state index contributed by atoms with van der Waals surface area (Å²) >= 11 is 12.3. The highest BCUT2D eigenvalue weighted by atomic mass is 127. The van der Waals surface area contributed by atoms with Crippen LogP contribution in [0.1, 0.15) is 30.6 Å². The Kier molecular flexibility index (Phi) is 5.89. The number of rotatable bonds is 5. The van der Waals surface area contributed by atoms with Gasteiger partial charge in [0.2, 0.25) is 0 Å². The summed E-state index contributed by atoms with van der Waals surface area (Å²) < 4.78 is 4.10. The fourth-order valence-electron chi connectivity index (χ4n) is 2.12. The third-order valence-corrected chi connectivity index (χ3v) is 4.76. The lowest BCUT2D eigenvalue weighted by Gasteiger charge is -2.21. The Hall–Kier alpha value is -0.110. The van der Waals surface area contributed by atoms with Crippen molar-refractivity contribution in [2.75, 3.05) is 6.54 Å². The van der Waals surface area contributed by atoms with Gasteiger partial charge >= 0.3 is 0 Å². The van der Waals surface area contributed by atoms with E-state index in [1.54, 1.807) is 6.20 Å². The monoisotopic (exact) mass is 467 g/mol. The Morgan fingerprint density at radius 1 is 1.50 bits per heavy atom. The molecule has 0 radical (unpaired) electrons. The van der Waals surface area contributed by atoms with Crippen molar-refractivity contribution in [3.05, 3.63) is 48.7 Å². The Morgan fingerprint density at radius 3 is 2.85 bits per heavy atom. The molecule has 2 rings (SSSR count). The first-order valence-electron chi connectivity index (χ1n) is 6.40. The summed E-state index contributed by atoms with van der Waals surface area (Å²) in [4.78, 5) is 0. The lowest BCUT2D eigenvalue weighted by molar-refractivity contribution is 0.552. The molecule has 1 aromatic heterocycles. The van der Waals surface area contributed by atoms with Crippen molar-refractivity contribution in [1.29, 1.82) is 0 Å². The predicted octanol–water partition coefficient (Wildman–Crippen LogP) is 4.53. The Balaban J connectivity index is 2.50. The fraction of sp³-hybridized carbons (Fsp3) is 0.357. The molecular formula is C14H16BrClIN3. The van der Waals surface area contributed by atoms with Gasteiger partial charge in [-0.25, -0.2) is 0 Å². The van der Waals surface area contributed by atoms with Gasteiger partial charge in [0.05, 0.1) is 23.0 Å². The summed E-state index contributed by atoms with van der Waals surface area (Å²) in [5.74, 6) is 0. The number of nitrogens with one attached hydrogen (secondary N) is 1. The molecule has 1 atom stereocenters. The largest absolute Gasteiger partial charge is 0.305 e. The van der Waals surface area contributed by atoms with Crippen LogP contribution in [-0.4, -0.2) is 16.3 Å². The zero-order chi connectivity index (χ0) is 14.7. The average molecular weight is 469 g/mol. The van der Waals surface area contributed by atoms with Crippen LogP contribution >= 0.6 is 50.1 Å². The number of benzene rings is 1. The molecule has 108 valence electrons. The molecule has 1 N–H and O–H groups in total. The molecule has 0 spiro atoms. The first-order valence-corrected chi connectivity index (χ1v) is 8.65. The smallest absolute Gasteiger partial charge is 0.0837 e. The van der Waals surface area contributed by atoms with E-state index in [1.165, 1.54) is 9.13 Å². The molecule has 1 heterocycles. The number of aryl methyl sites for hydroxylation is 1. The van der Waals surface area contributed by atoms with E-state index in [9.17, 15) is 0 Å². The van der Waals surface area contributed by atoms with Gasteiger partial charge in [0.15, 0.2) is 0 Å². The van der Waals surface area contributed by atoms with E-state index in [4.69, 9.17) is 11.6 Å². The van der Waals surface area contributed by atoms with Crippen LogP contribution in [-0.2, 0) is 7.05 Å². The van der Waals surface area contributed by atoms with Gasteiger partial charge < -0.3 is 5.32 Å². The summed E-state index contributed by atoms with van der Waals surface area (Å²) in [5, 5.41) is 8.50. The molecule has 2 aromatic rings. The summed E-state index contributed by atoms with van der Waals surface area (Å²) in [6.07, 6.45) is 2.76. The van der Waals surface area contributed by atoms with Crippen LogP contribution in [0.2, 0.25) is 5.02 Å². The van der Waals surface area contributed by atoms with Gasteiger partial charge in [0.1, 0.15) is 0 Å². The Bertz CT molecular complexity index is 581. The Morgan fingerprint density at radius 2 is 2.25 bits per heavy atom. The van der Waals surface area contributed by atoms with Crippen LogP contribution in [0.25, 0.3) is 0 Å². The molecule has 3 nitrogen and oxygen atoms in total. The standard InChI is InChI=1S/C14H16BrClIN3/c1-3-6-18-13(14-12(16)8-19-20(14)2)10-7-9(17)4-5-11(10)15/h4-5,7-8,13,18H,3,6H2,1-2H3. The highest BCUT2D eigenvalue weighted by Crippen LogP contribution is 2.33. The molecule has 6 heteroatoms. The highest BCUT2D eigenvalue weighted by Gasteiger charge is 2.22. The van der Waals surface area contributed by atoms with Gasteiger partial charge in [-0.1, -0.05) is 34.5 Å². The first kappa shape index (κ1) is 16.3. The maximum absolute atomic E-state index is 6.32. The van der Waals surface area contributed by atoms with Crippen LogP contribution in [0, 0.1) is 3.57 Å². The van der Waals surface area contributed by atoms with Crippen LogP contribution < -0.4 is 5.32 Å². The minimum atomic E-state index is 0.0269. The lowest BCUT2D eigenvalue weighted by Crippen LogP contribution is -2.26. The third kappa shape index (κ3) is 3.55. The van der Waals surface area contributed by atoms with E-state index in [0.717, 1.165) is 23.1 Å². The maximum Gasteiger partial charge on any atom is 0.0837 e. The van der Waals surface area contributed by atoms with Crippen molar-refractivity contribution in [2.24, 2.45) is 7.05 Å². The molecule has 0 fully saturated rings. The zero-order valence-electron chi connectivity index (χ0n) is 11.3. The zero-order valence-corrected chi connectivity index (χ0v) is 15.8. The molecule has 0 amide bonds. The Labute approximate surface area is 146 Å². The second-order valence-corrected chi connectivity index (χ2v) is 7.06. The minimum absolute atomic E-state index is 0.0269. The molecule has 0 saturated heterocycles. The highest BCUT2D eigenvalue weighted by molar-refractivity contribution is 14.1.